The molecule has 0 radical (unpaired) electrons. The zero-order valence-corrected chi connectivity index (χ0v) is 21.3. The van der Waals surface area contributed by atoms with Gasteiger partial charge in [0.2, 0.25) is 17.7 Å². The number of carbonyl (C=O) groups is 4. The summed E-state index contributed by atoms with van der Waals surface area (Å²) in [5.74, 6) is -6.79. The Labute approximate surface area is 217 Å². The summed E-state index contributed by atoms with van der Waals surface area (Å²) in [5, 5.41) is 16.6. The molecule has 4 rings (SSSR count). The van der Waals surface area contributed by atoms with E-state index in [0.717, 1.165) is 4.90 Å². The Morgan fingerprint density at radius 3 is 2.47 bits per heavy atom. The average molecular weight is 542 g/mol. The van der Waals surface area contributed by atoms with Crippen molar-refractivity contribution in [3.63, 3.8) is 0 Å². The highest BCUT2D eigenvalue weighted by atomic mass is 19.4. The van der Waals surface area contributed by atoms with Crippen LogP contribution in [0, 0.1) is 40.4 Å². The monoisotopic (exact) mass is 541 g/mol. The van der Waals surface area contributed by atoms with Crippen LogP contribution in [0.2, 0.25) is 0 Å². The Kier molecular flexibility index (Phi) is 6.99. The maximum atomic E-state index is 16.4. The highest BCUT2D eigenvalue weighted by Gasteiger charge is 2.68. The van der Waals surface area contributed by atoms with Crippen molar-refractivity contribution in [3.8, 4) is 6.07 Å². The van der Waals surface area contributed by atoms with E-state index in [1.807, 2.05) is 6.07 Å². The second-order valence-corrected chi connectivity index (χ2v) is 11.7. The summed E-state index contributed by atoms with van der Waals surface area (Å²) in [4.78, 5) is 51.9. The lowest BCUT2D eigenvalue weighted by Crippen LogP contribution is -2.60. The van der Waals surface area contributed by atoms with Crippen LogP contribution in [0.25, 0.3) is 0 Å². The van der Waals surface area contributed by atoms with E-state index in [-0.39, 0.29) is 18.2 Å². The van der Waals surface area contributed by atoms with Gasteiger partial charge in [-0.2, -0.15) is 18.4 Å². The van der Waals surface area contributed by atoms with Crippen molar-refractivity contribution in [1.29, 1.82) is 5.26 Å². The summed E-state index contributed by atoms with van der Waals surface area (Å²) in [7, 11) is 0. The number of amides is 4. The number of fused-ring (bicyclic) bond motifs is 5. The van der Waals surface area contributed by atoms with Gasteiger partial charge in [0.15, 0.2) is 0 Å². The third kappa shape index (κ3) is 4.85. The number of alkyl halides is 4. The quantitative estimate of drug-likeness (QED) is 0.345. The number of halogens is 4. The molecule has 0 spiro atoms. The van der Waals surface area contributed by atoms with Crippen molar-refractivity contribution >= 4 is 23.6 Å². The van der Waals surface area contributed by atoms with Gasteiger partial charge in [-0.3, -0.25) is 19.2 Å². The second-order valence-electron chi connectivity index (χ2n) is 11.7. The molecule has 1 saturated carbocycles. The Hall–Kier alpha value is -3.17. The van der Waals surface area contributed by atoms with Gasteiger partial charge in [-0.25, -0.2) is 4.39 Å². The predicted molar refractivity (Wildman–Crippen MR) is 124 cm³/mol. The first kappa shape index (κ1) is 27.9. The second kappa shape index (κ2) is 9.54. The molecule has 2 heterocycles. The van der Waals surface area contributed by atoms with Crippen LogP contribution in [-0.2, 0) is 19.2 Å². The normalized spacial score (nSPS) is 33.4. The molecule has 8 atom stereocenters. The first-order chi connectivity index (χ1) is 17.6. The van der Waals surface area contributed by atoms with Crippen molar-refractivity contribution in [2.45, 2.75) is 70.0 Å². The van der Waals surface area contributed by atoms with Crippen LogP contribution >= 0.6 is 0 Å². The van der Waals surface area contributed by atoms with Crippen LogP contribution in [0.15, 0.2) is 12.2 Å². The van der Waals surface area contributed by atoms with E-state index in [1.54, 1.807) is 17.5 Å². The lowest BCUT2D eigenvalue weighted by atomic mass is 9.79. The van der Waals surface area contributed by atoms with Crippen molar-refractivity contribution in [3.05, 3.63) is 12.2 Å². The topological polar surface area (TPSA) is 131 Å². The fraction of sp³-hybridized carbons (Fsp3) is 0.720. The van der Waals surface area contributed by atoms with E-state index < -0.39 is 77.4 Å². The molecule has 2 aliphatic heterocycles. The van der Waals surface area contributed by atoms with Gasteiger partial charge < -0.3 is 20.9 Å². The minimum absolute atomic E-state index is 0.0262. The minimum Gasteiger partial charge on any atom is -0.356 e. The van der Waals surface area contributed by atoms with Crippen LogP contribution in [-0.4, -0.2) is 71.6 Å². The van der Waals surface area contributed by atoms with E-state index in [0.29, 0.717) is 19.4 Å². The van der Waals surface area contributed by atoms with Crippen molar-refractivity contribution < 1.29 is 36.7 Å². The molecule has 13 heteroatoms. The third-order valence-corrected chi connectivity index (χ3v) is 8.19. The predicted octanol–water partition coefficient (Wildman–Crippen LogP) is 1.36. The van der Waals surface area contributed by atoms with E-state index >= 15 is 4.39 Å². The molecule has 4 amide bonds. The average Bonchev–Trinajstić information content (AvgIpc) is 3.56. The van der Waals surface area contributed by atoms with Gasteiger partial charge >= 0.3 is 12.1 Å². The van der Waals surface area contributed by atoms with Gasteiger partial charge in [0, 0.05) is 24.3 Å². The van der Waals surface area contributed by atoms with Crippen LogP contribution in [0.5, 0.6) is 0 Å². The zero-order chi connectivity index (χ0) is 28.2. The highest BCUT2D eigenvalue weighted by Crippen LogP contribution is 2.58. The van der Waals surface area contributed by atoms with Gasteiger partial charge in [-0.1, -0.05) is 32.9 Å². The summed E-state index contributed by atoms with van der Waals surface area (Å²) >= 11 is 0. The Bertz CT molecular complexity index is 1100. The van der Waals surface area contributed by atoms with E-state index in [2.05, 4.69) is 10.6 Å². The molecular formula is C25H31F4N5O4. The van der Waals surface area contributed by atoms with Crippen LogP contribution in [0.1, 0.15) is 40.0 Å². The van der Waals surface area contributed by atoms with Crippen molar-refractivity contribution in [1.82, 2.24) is 20.9 Å². The van der Waals surface area contributed by atoms with E-state index in [1.165, 1.54) is 20.8 Å². The third-order valence-electron chi connectivity index (χ3n) is 8.19. The standard InChI is InChI=1S/C25H31F4N5O4/c1-23(2,3)18(33-22(38)25(27,28)29)21(37)34-11-24(26)14-5-4-12(8-14)16(24)17(34)20(36)32-15(10-30)9-13-6-7-31-19(13)35/h4-5,12-18H,6-9,11H2,1-3H3,(H,31,35)(H,32,36)(H,33,38)/t12-,13-,14+,15-,16+,17-,18+,24-/m0/s1. The first-order valence-electron chi connectivity index (χ1n) is 12.6. The summed E-state index contributed by atoms with van der Waals surface area (Å²) in [6.45, 7) is 4.27. The van der Waals surface area contributed by atoms with Crippen LogP contribution < -0.4 is 16.0 Å². The van der Waals surface area contributed by atoms with E-state index in [4.69, 9.17) is 0 Å². The molecule has 2 bridgehead atoms. The fourth-order valence-electron chi connectivity index (χ4n) is 6.33. The number of allylic oxidation sites excluding steroid dienone is 2. The fourth-order valence-corrected chi connectivity index (χ4v) is 6.33. The Morgan fingerprint density at radius 1 is 1.24 bits per heavy atom. The molecule has 38 heavy (non-hydrogen) atoms. The summed E-state index contributed by atoms with van der Waals surface area (Å²) in [6, 6.07) is -2.27. The summed E-state index contributed by atoms with van der Waals surface area (Å²) in [5.41, 5.74) is -3.19. The summed E-state index contributed by atoms with van der Waals surface area (Å²) < 4.78 is 55.6. The van der Waals surface area contributed by atoms with Crippen LogP contribution in [0.4, 0.5) is 17.6 Å². The molecule has 0 aromatic rings. The zero-order valence-electron chi connectivity index (χ0n) is 21.3. The molecule has 9 nitrogen and oxygen atoms in total. The largest absolute Gasteiger partial charge is 0.471 e. The number of hydrogen-bond acceptors (Lipinski definition) is 5. The lowest BCUT2D eigenvalue weighted by molar-refractivity contribution is -0.176. The van der Waals surface area contributed by atoms with E-state index in [9.17, 15) is 37.6 Å². The molecular weight excluding hydrogens is 510 g/mol. The smallest absolute Gasteiger partial charge is 0.356 e. The number of hydrogen-bond donors (Lipinski definition) is 3. The molecule has 0 aromatic carbocycles. The molecule has 4 aliphatic rings. The van der Waals surface area contributed by atoms with Gasteiger partial charge in [0.25, 0.3) is 0 Å². The number of carbonyl (C=O) groups excluding carboxylic acids is 4. The molecule has 208 valence electrons. The Morgan fingerprint density at radius 2 is 1.92 bits per heavy atom. The highest BCUT2D eigenvalue weighted by molar-refractivity contribution is 5.95. The molecule has 0 aromatic heterocycles. The number of likely N-dealkylation sites (tertiary alicyclic amines) is 1. The van der Waals surface area contributed by atoms with Gasteiger partial charge in [-0.15, -0.1) is 0 Å². The molecule has 3 N–H and O–H groups in total. The van der Waals surface area contributed by atoms with Gasteiger partial charge in [-0.05, 0) is 30.6 Å². The number of nitriles is 1. The maximum Gasteiger partial charge on any atom is 0.471 e. The number of rotatable bonds is 6. The maximum absolute atomic E-state index is 16.4. The molecule has 2 saturated heterocycles. The lowest BCUT2D eigenvalue weighted by Gasteiger charge is -2.36. The van der Waals surface area contributed by atoms with Gasteiger partial charge in [0.1, 0.15) is 23.8 Å². The molecule has 3 fully saturated rings. The Balaban J connectivity index is 1.63. The summed E-state index contributed by atoms with van der Waals surface area (Å²) in [6.07, 6.45) is -0.841. The number of nitrogens with zero attached hydrogens (tertiary/aromatic N) is 2. The first-order valence-corrected chi connectivity index (χ1v) is 12.6. The van der Waals surface area contributed by atoms with Crippen LogP contribution in [0.3, 0.4) is 0 Å². The molecule has 2 aliphatic carbocycles. The van der Waals surface area contributed by atoms with Crippen molar-refractivity contribution in [2.75, 3.05) is 13.1 Å². The minimum atomic E-state index is -5.25. The van der Waals surface area contributed by atoms with Crippen molar-refractivity contribution in [2.24, 2.45) is 29.1 Å². The molecule has 0 unspecified atom stereocenters. The van der Waals surface area contributed by atoms with Gasteiger partial charge in [0.05, 0.1) is 12.6 Å². The SMILES string of the molecule is CC(C)(C)[C@H](NC(=O)C(F)(F)F)C(=O)N1C[C@@]2(F)[C@@H]([C@H]1C(=O)N[C@H](C#N)C[C@@H]1CCNC1=O)[C@H]1C=C[C@@H]2C1. The number of nitrogens with one attached hydrogen (secondary N) is 3.